The molecule has 1 N–H and O–H groups in total. The first-order valence-electron chi connectivity index (χ1n) is 6.87. The van der Waals surface area contributed by atoms with Crippen molar-refractivity contribution in [2.45, 2.75) is 25.6 Å². The zero-order valence-corrected chi connectivity index (χ0v) is 14.9. The molecule has 1 fully saturated rings. The Morgan fingerprint density at radius 2 is 2.36 bits per heavy atom. The largest absolute Gasteiger partial charge is 0.330 e. The van der Waals surface area contributed by atoms with Gasteiger partial charge >= 0.3 is 0 Å². The van der Waals surface area contributed by atoms with E-state index in [9.17, 15) is 0 Å². The third-order valence-corrected chi connectivity index (χ3v) is 5.05. The average Bonchev–Trinajstić information content (AvgIpc) is 3.25. The van der Waals surface area contributed by atoms with E-state index in [1.54, 1.807) is 4.68 Å². The van der Waals surface area contributed by atoms with Gasteiger partial charge in [-0.3, -0.25) is 4.90 Å². The third-order valence-electron chi connectivity index (χ3n) is 3.33. The first-order chi connectivity index (χ1) is 10.7. The fourth-order valence-electron chi connectivity index (χ4n) is 2.13. The highest BCUT2D eigenvalue weighted by Gasteiger charge is 2.29. The molecule has 1 aromatic heterocycles. The third kappa shape index (κ3) is 3.93. The van der Waals surface area contributed by atoms with Crippen LogP contribution in [-0.4, -0.2) is 27.3 Å². The van der Waals surface area contributed by atoms with Crippen molar-refractivity contribution in [1.29, 1.82) is 5.26 Å². The van der Waals surface area contributed by atoms with Crippen LogP contribution >= 0.6 is 39.5 Å². The Hall–Kier alpha value is -1.27. The molecule has 1 aliphatic rings. The lowest BCUT2D eigenvalue weighted by atomic mass is 10.3. The van der Waals surface area contributed by atoms with Crippen LogP contribution in [-0.2, 0) is 6.67 Å². The van der Waals surface area contributed by atoms with Crippen LogP contribution in [0.3, 0.4) is 0 Å². The molecule has 2 aromatic rings. The van der Waals surface area contributed by atoms with Crippen molar-refractivity contribution in [3.05, 3.63) is 32.7 Å². The number of rotatable bonds is 6. The molecule has 1 aliphatic carbocycles. The quantitative estimate of drug-likeness (QED) is 0.588. The lowest BCUT2D eigenvalue weighted by Gasteiger charge is -2.17. The molecule has 0 unspecified atom stereocenters. The molecule has 0 bridgehead atoms. The van der Waals surface area contributed by atoms with Gasteiger partial charge in [-0.05, 0) is 43.3 Å². The summed E-state index contributed by atoms with van der Waals surface area (Å²) < 4.78 is 3.51. The van der Waals surface area contributed by atoms with Crippen LogP contribution in [0.2, 0.25) is 0 Å². The summed E-state index contributed by atoms with van der Waals surface area (Å²) in [7, 11) is 0. The van der Waals surface area contributed by atoms with E-state index in [1.165, 1.54) is 11.3 Å². The molecular formula is C14H14BrN5S2. The maximum absolute atomic E-state index is 8.93. The topological polar surface area (TPSA) is 56.9 Å². The van der Waals surface area contributed by atoms with Gasteiger partial charge in [0.25, 0.3) is 0 Å². The second kappa shape index (κ2) is 6.87. The monoisotopic (exact) mass is 395 g/mol. The summed E-state index contributed by atoms with van der Waals surface area (Å²) in [5.74, 6) is 0. The maximum Gasteiger partial charge on any atom is 0.209 e. The summed E-state index contributed by atoms with van der Waals surface area (Å²) in [6.45, 7) is 0.992. The zero-order valence-electron chi connectivity index (χ0n) is 11.7. The minimum absolute atomic E-state index is 0.415. The van der Waals surface area contributed by atoms with Crippen molar-refractivity contribution >= 4 is 50.3 Å². The van der Waals surface area contributed by atoms with Crippen LogP contribution in [0.4, 0.5) is 10.8 Å². The van der Waals surface area contributed by atoms with Gasteiger partial charge in [0.05, 0.1) is 19.3 Å². The molecule has 1 heterocycles. The van der Waals surface area contributed by atoms with Gasteiger partial charge < -0.3 is 5.32 Å². The van der Waals surface area contributed by atoms with Gasteiger partial charge in [0, 0.05) is 16.2 Å². The minimum atomic E-state index is 0.415. The van der Waals surface area contributed by atoms with Crippen LogP contribution in [0, 0.1) is 15.3 Å². The summed E-state index contributed by atoms with van der Waals surface area (Å²) in [6.07, 6.45) is 2.31. The molecule has 114 valence electrons. The van der Waals surface area contributed by atoms with E-state index >= 15 is 0 Å². The number of hydrogen-bond acceptors (Lipinski definition) is 6. The maximum atomic E-state index is 8.93. The smallest absolute Gasteiger partial charge is 0.209 e. The van der Waals surface area contributed by atoms with Crippen molar-refractivity contribution in [2.24, 2.45) is 0 Å². The highest BCUT2D eigenvalue weighted by atomic mass is 79.9. The van der Waals surface area contributed by atoms with E-state index in [4.69, 9.17) is 17.5 Å². The average molecular weight is 396 g/mol. The fourth-order valence-corrected chi connectivity index (χ4v) is 3.55. The Kier molecular flexibility index (Phi) is 4.88. The van der Waals surface area contributed by atoms with Crippen molar-refractivity contribution in [3.8, 4) is 6.07 Å². The van der Waals surface area contributed by atoms with Gasteiger partial charge in [-0.1, -0.05) is 33.3 Å². The summed E-state index contributed by atoms with van der Waals surface area (Å²) in [4.78, 5) is 2.12. The molecule has 22 heavy (non-hydrogen) atoms. The number of benzene rings is 1. The Labute approximate surface area is 146 Å². The van der Waals surface area contributed by atoms with Gasteiger partial charge in [0.2, 0.25) is 5.13 Å². The number of aromatic nitrogens is 2. The lowest BCUT2D eigenvalue weighted by molar-refractivity contribution is 0.221. The Morgan fingerprint density at radius 3 is 3.05 bits per heavy atom. The van der Waals surface area contributed by atoms with Crippen LogP contribution in [0.15, 0.2) is 28.7 Å². The van der Waals surface area contributed by atoms with Crippen LogP contribution in [0.1, 0.15) is 12.8 Å². The molecule has 0 aliphatic heterocycles. The molecule has 1 saturated carbocycles. The second-order valence-corrected chi connectivity index (χ2v) is 7.62. The van der Waals surface area contributed by atoms with E-state index in [2.05, 4.69) is 37.3 Å². The molecule has 0 radical (unpaired) electrons. The van der Waals surface area contributed by atoms with Crippen molar-refractivity contribution < 1.29 is 0 Å². The zero-order chi connectivity index (χ0) is 15.5. The SMILES string of the molecule is N#CCN(Cn1nc(Nc2cccc(Br)c2)sc1=S)C1CC1. The normalized spacial score (nSPS) is 14.0. The summed E-state index contributed by atoms with van der Waals surface area (Å²) in [5.41, 5.74) is 0.960. The van der Waals surface area contributed by atoms with Crippen LogP contribution in [0.5, 0.6) is 0 Å². The molecule has 3 rings (SSSR count). The van der Waals surface area contributed by atoms with Crippen LogP contribution < -0.4 is 5.32 Å². The van der Waals surface area contributed by atoms with E-state index < -0.39 is 0 Å². The fraction of sp³-hybridized carbons (Fsp3) is 0.357. The standard InChI is InChI=1S/C14H14BrN5S2/c15-10-2-1-3-11(8-10)17-13-18-20(14(21)22-13)9-19(7-6-16)12-4-5-12/h1-3,8,12H,4-5,7,9H2,(H,17,18). The molecule has 0 spiro atoms. The first kappa shape index (κ1) is 15.6. The molecule has 1 aromatic carbocycles. The van der Waals surface area contributed by atoms with Gasteiger partial charge in [-0.15, -0.1) is 5.10 Å². The van der Waals surface area contributed by atoms with E-state index in [1.807, 2.05) is 24.3 Å². The van der Waals surface area contributed by atoms with Crippen LogP contribution in [0.25, 0.3) is 0 Å². The molecule has 0 saturated heterocycles. The number of halogens is 1. The lowest BCUT2D eigenvalue weighted by Crippen LogP contribution is -2.29. The first-order valence-corrected chi connectivity index (χ1v) is 8.89. The Balaban J connectivity index is 1.73. The molecular weight excluding hydrogens is 382 g/mol. The highest BCUT2D eigenvalue weighted by molar-refractivity contribution is 9.10. The summed E-state index contributed by atoms with van der Waals surface area (Å²) in [6, 6.07) is 10.6. The van der Waals surface area contributed by atoms with Gasteiger partial charge in [-0.25, -0.2) is 4.68 Å². The molecule has 0 atom stereocenters. The molecule has 0 amide bonds. The van der Waals surface area contributed by atoms with Gasteiger partial charge in [0.15, 0.2) is 3.95 Å². The number of nitriles is 1. The summed E-state index contributed by atoms with van der Waals surface area (Å²) in [5, 5.41) is 17.5. The van der Waals surface area contributed by atoms with Crippen molar-refractivity contribution in [2.75, 3.05) is 11.9 Å². The van der Waals surface area contributed by atoms with Crippen molar-refractivity contribution in [3.63, 3.8) is 0 Å². The van der Waals surface area contributed by atoms with E-state index in [-0.39, 0.29) is 0 Å². The molecule has 8 heteroatoms. The number of nitrogens with one attached hydrogen (secondary N) is 1. The second-order valence-electron chi connectivity index (χ2n) is 5.09. The van der Waals surface area contributed by atoms with Gasteiger partial charge in [0.1, 0.15) is 0 Å². The predicted molar refractivity (Wildman–Crippen MR) is 93.7 cm³/mol. The van der Waals surface area contributed by atoms with Crippen molar-refractivity contribution in [1.82, 2.24) is 14.7 Å². The minimum Gasteiger partial charge on any atom is -0.330 e. The summed E-state index contributed by atoms with van der Waals surface area (Å²) >= 11 is 10.3. The van der Waals surface area contributed by atoms with E-state index in [0.717, 1.165) is 28.1 Å². The number of hydrogen-bond donors (Lipinski definition) is 1. The Bertz CT molecular complexity index is 759. The van der Waals surface area contributed by atoms with E-state index in [0.29, 0.717) is 23.2 Å². The highest BCUT2D eigenvalue weighted by Crippen LogP contribution is 2.28. The number of anilines is 2. The van der Waals surface area contributed by atoms with Gasteiger partial charge in [-0.2, -0.15) is 5.26 Å². The predicted octanol–water partition coefficient (Wildman–Crippen LogP) is 4.13. The molecule has 5 nitrogen and oxygen atoms in total. The number of nitrogens with zero attached hydrogens (tertiary/aromatic N) is 4. The Morgan fingerprint density at radius 1 is 1.55 bits per heavy atom.